The summed E-state index contributed by atoms with van der Waals surface area (Å²) >= 11 is 0. The zero-order valence-electron chi connectivity index (χ0n) is 14.4. The monoisotopic (exact) mass is 337 g/mol. The molecule has 2 aromatic rings. The van der Waals surface area contributed by atoms with Crippen LogP contribution in [0.4, 0.5) is 5.69 Å². The molecule has 25 heavy (non-hydrogen) atoms. The van der Waals surface area contributed by atoms with E-state index in [4.69, 9.17) is 5.73 Å². The Morgan fingerprint density at radius 1 is 1.08 bits per heavy atom. The minimum atomic E-state index is -0.0429. The first-order valence-corrected chi connectivity index (χ1v) is 8.56. The van der Waals surface area contributed by atoms with Crippen LogP contribution in [-0.4, -0.2) is 35.8 Å². The van der Waals surface area contributed by atoms with Crippen molar-refractivity contribution in [1.82, 2.24) is 10.2 Å². The summed E-state index contributed by atoms with van der Waals surface area (Å²) in [4.78, 5) is 26.8. The van der Waals surface area contributed by atoms with Crippen LogP contribution in [0.15, 0.2) is 48.5 Å². The molecule has 5 heteroatoms. The number of hydrogen-bond acceptors (Lipinski definition) is 3. The molecule has 0 spiro atoms. The van der Waals surface area contributed by atoms with Crippen LogP contribution >= 0.6 is 0 Å². The van der Waals surface area contributed by atoms with E-state index in [0.29, 0.717) is 29.9 Å². The summed E-state index contributed by atoms with van der Waals surface area (Å²) in [5, 5.41) is 3.09. The molecule has 0 bridgehead atoms. The number of hydrogen-bond donors (Lipinski definition) is 2. The van der Waals surface area contributed by atoms with Crippen molar-refractivity contribution < 1.29 is 9.59 Å². The lowest BCUT2D eigenvalue weighted by atomic mass is 10.0. The first-order chi connectivity index (χ1) is 12.0. The number of aryl methyl sites for hydroxylation is 1. The molecule has 1 saturated heterocycles. The fraction of sp³-hybridized carbons (Fsp3) is 0.300. The Labute approximate surface area is 147 Å². The molecule has 5 nitrogen and oxygen atoms in total. The molecule has 130 valence electrons. The van der Waals surface area contributed by atoms with E-state index in [-0.39, 0.29) is 17.9 Å². The molecule has 1 heterocycles. The smallest absolute Gasteiger partial charge is 0.253 e. The van der Waals surface area contributed by atoms with Crippen LogP contribution < -0.4 is 11.1 Å². The molecule has 0 atom stereocenters. The highest BCUT2D eigenvalue weighted by atomic mass is 16.2. The molecule has 0 saturated carbocycles. The minimum absolute atomic E-state index is 0.00372. The van der Waals surface area contributed by atoms with Crippen molar-refractivity contribution in [1.29, 1.82) is 0 Å². The number of carbonyl (C=O) groups excluding carboxylic acids is 2. The van der Waals surface area contributed by atoms with Crippen molar-refractivity contribution >= 4 is 17.5 Å². The van der Waals surface area contributed by atoms with Gasteiger partial charge in [0.15, 0.2) is 0 Å². The molecule has 3 rings (SSSR count). The highest BCUT2D eigenvalue weighted by Gasteiger charge is 2.25. The van der Waals surface area contributed by atoms with Gasteiger partial charge in [-0.2, -0.15) is 0 Å². The van der Waals surface area contributed by atoms with Gasteiger partial charge in [-0.05, 0) is 49.6 Å². The third kappa shape index (κ3) is 3.99. The number of nitrogens with one attached hydrogen (secondary N) is 1. The fourth-order valence-corrected chi connectivity index (χ4v) is 3.17. The topological polar surface area (TPSA) is 75.4 Å². The van der Waals surface area contributed by atoms with E-state index in [1.807, 2.05) is 36.1 Å². The van der Waals surface area contributed by atoms with Crippen LogP contribution in [0.1, 0.15) is 39.1 Å². The van der Waals surface area contributed by atoms with Crippen LogP contribution in [0.3, 0.4) is 0 Å². The second kappa shape index (κ2) is 7.38. The number of nitrogens with zero attached hydrogens (tertiary/aromatic N) is 1. The van der Waals surface area contributed by atoms with Crippen LogP contribution in [0.2, 0.25) is 0 Å². The van der Waals surface area contributed by atoms with Crippen LogP contribution in [0, 0.1) is 6.92 Å². The predicted octanol–water partition coefficient (Wildman–Crippen LogP) is 2.61. The zero-order valence-corrected chi connectivity index (χ0v) is 14.4. The van der Waals surface area contributed by atoms with Gasteiger partial charge in [0.2, 0.25) is 0 Å². The van der Waals surface area contributed by atoms with Gasteiger partial charge < -0.3 is 16.0 Å². The van der Waals surface area contributed by atoms with E-state index in [1.165, 1.54) is 0 Å². The van der Waals surface area contributed by atoms with Crippen molar-refractivity contribution in [3.63, 3.8) is 0 Å². The van der Waals surface area contributed by atoms with Gasteiger partial charge in [-0.3, -0.25) is 9.59 Å². The number of nitrogen functional groups attached to an aromatic ring is 1. The average molecular weight is 337 g/mol. The van der Waals surface area contributed by atoms with E-state index < -0.39 is 0 Å². The number of piperidine rings is 1. The summed E-state index contributed by atoms with van der Waals surface area (Å²) in [7, 11) is 0. The van der Waals surface area contributed by atoms with E-state index in [1.54, 1.807) is 24.3 Å². The second-order valence-electron chi connectivity index (χ2n) is 6.48. The lowest BCUT2D eigenvalue weighted by molar-refractivity contribution is 0.0698. The van der Waals surface area contributed by atoms with Gasteiger partial charge in [0.05, 0.1) is 0 Å². The molecule has 0 aromatic heterocycles. The van der Waals surface area contributed by atoms with E-state index in [2.05, 4.69) is 5.32 Å². The van der Waals surface area contributed by atoms with Crippen molar-refractivity contribution in [3.05, 3.63) is 65.2 Å². The van der Waals surface area contributed by atoms with Gasteiger partial charge in [-0.1, -0.05) is 24.3 Å². The lowest BCUT2D eigenvalue weighted by Gasteiger charge is -2.32. The second-order valence-corrected chi connectivity index (χ2v) is 6.48. The molecule has 1 aliphatic rings. The van der Waals surface area contributed by atoms with Gasteiger partial charge in [-0.25, -0.2) is 0 Å². The van der Waals surface area contributed by atoms with Crippen molar-refractivity contribution in [2.45, 2.75) is 25.8 Å². The maximum atomic E-state index is 12.5. The van der Waals surface area contributed by atoms with Crippen molar-refractivity contribution in [2.75, 3.05) is 18.8 Å². The number of likely N-dealkylation sites (tertiary alicyclic amines) is 1. The van der Waals surface area contributed by atoms with Gasteiger partial charge in [0, 0.05) is 35.9 Å². The Morgan fingerprint density at radius 3 is 2.48 bits per heavy atom. The fourth-order valence-electron chi connectivity index (χ4n) is 3.17. The number of nitrogens with two attached hydrogens (primary N) is 1. The SMILES string of the molecule is Cc1ccccc1C(=O)NC1CCN(C(=O)c2cccc(N)c2)CC1. The average Bonchev–Trinajstić information content (AvgIpc) is 2.62. The van der Waals surface area contributed by atoms with E-state index in [9.17, 15) is 9.59 Å². The number of amides is 2. The third-order valence-corrected chi connectivity index (χ3v) is 4.64. The molecule has 1 fully saturated rings. The molecule has 2 aromatic carbocycles. The predicted molar refractivity (Wildman–Crippen MR) is 98.4 cm³/mol. The number of carbonyl (C=O) groups is 2. The van der Waals surface area contributed by atoms with Crippen LogP contribution in [0.5, 0.6) is 0 Å². The van der Waals surface area contributed by atoms with Gasteiger partial charge in [-0.15, -0.1) is 0 Å². The molecule has 0 unspecified atom stereocenters. The molecule has 0 radical (unpaired) electrons. The summed E-state index contributed by atoms with van der Waals surface area (Å²) in [6, 6.07) is 14.7. The molecular formula is C20H23N3O2. The first-order valence-electron chi connectivity index (χ1n) is 8.56. The summed E-state index contributed by atoms with van der Waals surface area (Å²) in [6.07, 6.45) is 1.51. The third-order valence-electron chi connectivity index (χ3n) is 4.64. The van der Waals surface area contributed by atoms with Crippen LogP contribution in [-0.2, 0) is 0 Å². The minimum Gasteiger partial charge on any atom is -0.399 e. The summed E-state index contributed by atoms with van der Waals surface area (Å²) < 4.78 is 0. The number of rotatable bonds is 3. The summed E-state index contributed by atoms with van der Waals surface area (Å²) in [6.45, 7) is 3.19. The molecule has 2 amide bonds. The summed E-state index contributed by atoms with van der Waals surface area (Å²) in [5.41, 5.74) is 8.63. The quantitative estimate of drug-likeness (QED) is 0.846. The number of benzene rings is 2. The highest BCUT2D eigenvalue weighted by Crippen LogP contribution is 2.16. The van der Waals surface area contributed by atoms with E-state index in [0.717, 1.165) is 18.4 Å². The Balaban J connectivity index is 1.56. The Bertz CT molecular complexity index is 780. The van der Waals surface area contributed by atoms with Crippen LogP contribution in [0.25, 0.3) is 0 Å². The van der Waals surface area contributed by atoms with E-state index >= 15 is 0 Å². The Morgan fingerprint density at radius 2 is 1.80 bits per heavy atom. The van der Waals surface area contributed by atoms with Gasteiger partial charge >= 0.3 is 0 Å². The maximum absolute atomic E-state index is 12.5. The Hall–Kier alpha value is -2.82. The molecule has 0 aliphatic carbocycles. The maximum Gasteiger partial charge on any atom is 0.253 e. The molecule has 3 N–H and O–H groups in total. The largest absolute Gasteiger partial charge is 0.399 e. The first kappa shape index (κ1) is 17.0. The van der Waals surface area contributed by atoms with Gasteiger partial charge in [0.25, 0.3) is 11.8 Å². The molecule has 1 aliphatic heterocycles. The normalized spacial score (nSPS) is 15.0. The standard InChI is InChI=1S/C20H23N3O2/c1-14-5-2-3-8-18(14)19(24)22-17-9-11-23(12-10-17)20(25)15-6-4-7-16(21)13-15/h2-8,13,17H,9-12,21H2,1H3,(H,22,24). The van der Waals surface area contributed by atoms with Crippen molar-refractivity contribution in [3.8, 4) is 0 Å². The zero-order chi connectivity index (χ0) is 17.8. The van der Waals surface area contributed by atoms with Gasteiger partial charge in [0.1, 0.15) is 0 Å². The molecular weight excluding hydrogens is 314 g/mol. The summed E-state index contributed by atoms with van der Waals surface area (Å²) in [5.74, 6) is -0.0466. The number of anilines is 1. The highest BCUT2D eigenvalue weighted by molar-refractivity contribution is 5.96. The Kier molecular flexibility index (Phi) is 5.03. The van der Waals surface area contributed by atoms with Crippen molar-refractivity contribution in [2.24, 2.45) is 0 Å². The lowest BCUT2D eigenvalue weighted by Crippen LogP contribution is -2.46.